The Hall–Kier alpha value is -12.5. The molecule has 0 unspecified atom stereocenters. The van der Waals surface area contributed by atoms with E-state index < -0.39 is 7.12 Å². The van der Waals surface area contributed by atoms with Gasteiger partial charge in [-0.3, -0.25) is 0 Å². The molecule has 0 heterocycles. The number of halogens is 1. The third kappa shape index (κ3) is 11.8. The minimum atomic E-state index is -1.54. The van der Waals surface area contributed by atoms with Crippen molar-refractivity contribution in [2.75, 3.05) is 0 Å². The molecule has 20 aromatic rings. The van der Waals surface area contributed by atoms with Crippen molar-refractivity contribution in [2.45, 2.75) is 0 Å². The number of fused-ring (bicyclic) bond motifs is 12. The highest BCUT2D eigenvalue weighted by Crippen LogP contribution is 2.46. The van der Waals surface area contributed by atoms with Crippen LogP contribution in [0.1, 0.15) is 0 Å². The van der Waals surface area contributed by atoms with Gasteiger partial charge in [-0.2, -0.15) is 0 Å². The van der Waals surface area contributed by atoms with Gasteiger partial charge in [-0.05, 0) is 221 Å². The van der Waals surface area contributed by atoms with Crippen LogP contribution in [0.4, 0.5) is 0 Å². The van der Waals surface area contributed by atoms with Gasteiger partial charge in [0, 0.05) is 4.47 Å². The number of benzene rings is 20. The molecule has 0 radical (unpaired) electrons. The van der Waals surface area contributed by atoms with Crippen LogP contribution in [0.3, 0.4) is 0 Å². The first-order chi connectivity index (χ1) is 51.3. The average molecular weight is 1390 g/mol. The van der Waals surface area contributed by atoms with Crippen LogP contribution < -0.4 is 5.46 Å². The Bertz CT molecular complexity index is 6590. The second-order valence-corrected chi connectivity index (χ2v) is 27.8. The van der Waals surface area contributed by atoms with E-state index in [0.29, 0.717) is 5.46 Å². The summed E-state index contributed by atoms with van der Waals surface area (Å²) < 4.78 is 1.11. The first-order valence-corrected chi connectivity index (χ1v) is 36.2. The summed E-state index contributed by atoms with van der Waals surface area (Å²) in [5, 5.41) is 44.5. The van der Waals surface area contributed by atoms with Crippen molar-refractivity contribution in [2.24, 2.45) is 0 Å². The normalized spacial score (nSPS) is 11.4. The molecule has 0 aromatic heterocycles. The van der Waals surface area contributed by atoms with Crippen molar-refractivity contribution in [3.05, 3.63) is 393 Å². The van der Waals surface area contributed by atoms with Gasteiger partial charge in [0.2, 0.25) is 0 Å². The molecule has 20 rings (SSSR count). The van der Waals surface area contributed by atoms with E-state index in [2.05, 4.69) is 368 Å². The fourth-order valence-electron chi connectivity index (χ4n) is 16.0. The number of hydrogen-bond donors (Lipinski definition) is 2. The van der Waals surface area contributed by atoms with Crippen LogP contribution >= 0.6 is 15.9 Å². The van der Waals surface area contributed by atoms with Crippen molar-refractivity contribution >= 4 is 136 Å². The minimum absolute atomic E-state index is 0.553. The van der Waals surface area contributed by atoms with Crippen LogP contribution in [-0.4, -0.2) is 17.2 Å². The zero-order valence-electron chi connectivity index (χ0n) is 56.8. The minimum Gasteiger partial charge on any atom is -0.423 e. The van der Waals surface area contributed by atoms with Gasteiger partial charge in [-0.1, -0.05) is 374 Å². The van der Waals surface area contributed by atoms with E-state index in [1.165, 1.54) is 153 Å². The predicted octanol–water partition coefficient (Wildman–Crippen LogP) is 26.7. The largest absolute Gasteiger partial charge is 0.489 e. The van der Waals surface area contributed by atoms with E-state index in [0.717, 1.165) is 37.1 Å². The van der Waals surface area contributed by atoms with Crippen LogP contribution in [0, 0.1) is 0 Å². The number of rotatable bonds is 8. The molecule has 0 spiro atoms. The molecule has 0 amide bonds. The second-order valence-electron chi connectivity index (χ2n) is 26.8. The van der Waals surface area contributed by atoms with E-state index in [-0.39, 0.29) is 0 Å². The molecule has 0 fully saturated rings. The third-order valence-corrected chi connectivity index (χ3v) is 21.3. The molecule has 0 bridgehead atoms. The van der Waals surface area contributed by atoms with E-state index in [1.54, 1.807) is 0 Å². The zero-order valence-corrected chi connectivity index (χ0v) is 58.4. The molecule has 0 saturated carbocycles. The van der Waals surface area contributed by atoms with Gasteiger partial charge in [-0.15, -0.1) is 0 Å². The van der Waals surface area contributed by atoms with Crippen molar-refractivity contribution in [1.82, 2.24) is 0 Å². The lowest BCUT2D eigenvalue weighted by Crippen LogP contribution is -2.31. The highest BCUT2D eigenvalue weighted by Gasteiger charge is 2.23. The Morgan fingerprint density at radius 1 is 0.173 bits per heavy atom. The van der Waals surface area contributed by atoms with Gasteiger partial charge in [0.05, 0.1) is 0 Å². The lowest BCUT2D eigenvalue weighted by Gasteiger charge is -2.18. The first-order valence-electron chi connectivity index (χ1n) is 35.4. The monoisotopic (exact) mass is 1390 g/mol. The van der Waals surface area contributed by atoms with Gasteiger partial charge < -0.3 is 10.0 Å². The Labute approximate surface area is 612 Å². The van der Waals surface area contributed by atoms with Crippen LogP contribution in [0.5, 0.6) is 0 Å². The number of hydrogen-bond acceptors (Lipinski definition) is 2. The predicted molar refractivity (Wildman–Crippen MR) is 450 cm³/mol. The van der Waals surface area contributed by atoms with Gasteiger partial charge in [0.15, 0.2) is 0 Å². The lowest BCUT2D eigenvalue weighted by atomic mass is 9.72. The SMILES string of the molecule is Brc1cccc(-c2ccc3ccc4ccccc4c3c2)c1.OB(O)c1c2ccccc2c(-c2ccc(-c3cccc4ccccc34)cc2)c2ccccc12.c1cc(-c2ccc3ccc4ccccc4c3c2)cc(-c2c3ccccc3c(-c3ccc(-c4cccc5ccccc45)cc3)c3ccccc23)c1. The highest BCUT2D eigenvalue weighted by atomic mass is 79.9. The van der Waals surface area contributed by atoms with Crippen molar-refractivity contribution in [1.29, 1.82) is 0 Å². The Balaban J connectivity index is 0.000000122. The molecule has 4 heteroatoms. The summed E-state index contributed by atoms with van der Waals surface area (Å²) in [4.78, 5) is 0. The van der Waals surface area contributed by atoms with E-state index in [1.807, 2.05) is 36.4 Å². The van der Waals surface area contributed by atoms with Crippen molar-refractivity contribution in [3.8, 4) is 77.9 Å². The van der Waals surface area contributed by atoms with Crippen LogP contribution in [0.2, 0.25) is 0 Å². The van der Waals surface area contributed by atoms with E-state index in [9.17, 15) is 10.0 Å². The zero-order chi connectivity index (χ0) is 69.6. The molecular formula is C100H66BBrO2. The Morgan fingerprint density at radius 3 is 0.837 bits per heavy atom. The maximum Gasteiger partial charge on any atom is 0.489 e. The van der Waals surface area contributed by atoms with Crippen LogP contribution in [0.25, 0.3) is 186 Å². The molecule has 488 valence electrons. The van der Waals surface area contributed by atoms with Crippen LogP contribution in [-0.2, 0) is 0 Å². The van der Waals surface area contributed by atoms with E-state index >= 15 is 0 Å². The molecule has 2 nitrogen and oxygen atoms in total. The summed E-state index contributed by atoms with van der Waals surface area (Å²) in [6.45, 7) is 0. The first kappa shape index (κ1) is 63.6. The molecule has 0 aliphatic heterocycles. The van der Waals surface area contributed by atoms with Crippen molar-refractivity contribution in [3.63, 3.8) is 0 Å². The fourth-order valence-corrected chi connectivity index (χ4v) is 16.4. The summed E-state index contributed by atoms with van der Waals surface area (Å²) in [5.41, 5.74) is 17.6. The van der Waals surface area contributed by atoms with Gasteiger partial charge in [0.25, 0.3) is 0 Å². The third-order valence-electron chi connectivity index (χ3n) is 20.8. The average Bonchev–Trinajstić information content (AvgIpc) is 0.737. The smallest absolute Gasteiger partial charge is 0.423 e. The summed E-state index contributed by atoms with van der Waals surface area (Å²) >= 11 is 3.55. The molecule has 0 aliphatic carbocycles. The molecule has 20 aromatic carbocycles. The molecule has 0 aliphatic rings. The van der Waals surface area contributed by atoms with Crippen molar-refractivity contribution < 1.29 is 10.0 Å². The fraction of sp³-hybridized carbons (Fsp3) is 0. The summed E-state index contributed by atoms with van der Waals surface area (Å²) in [6, 6.07) is 139. The molecule has 0 atom stereocenters. The summed E-state index contributed by atoms with van der Waals surface area (Å²) in [5.74, 6) is 0. The van der Waals surface area contributed by atoms with Crippen LogP contribution in [0.15, 0.2) is 393 Å². The Kier molecular flexibility index (Phi) is 16.8. The van der Waals surface area contributed by atoms with Gasteiger partial charge in [0.1, 0.15) is 0 Å². The maximum absolute atomic E-state index is 10.2. The second kappa shape index (κ2) is 27.4. The quantitative estimate of drug-likeness (QED) is 0.0904. The molecule has 0 saturated heterocycles. The molecule has 104 heavy (non-hydrogen) atoms. The Morgan fingerprint density at radius 2 is 0.433 bits per heavy atom. The maximum atomic E-state index is 10.2. The summed E-state index contributed by atoms with van der Waals surface area (Å²) in [7, 11) is -1.54. The summed E-state index contributed by atoms with van der Waals surface area (Å²) in [6.07, 6.45) is 0. The molecular weight excluding hydrogens is 1320 g/mol. The molecule has 2 N–H and O–H groups in total. The van der Waals surface area contributed by atoms with E-state index in [4.69, 9.17) is 0 Å². The highest BCUT2D eigenvalue weighted by molar-refractivity contribution is 9.10. The topological polar surface area (TPSA) is 40.5 Å². The standard InChI is InChI=1S/C50H32.C30H21BO2.C20H13Br/c1-3-16-41-33(11-1)13-10-22-42(41)35-25-28-37(29-26-35)49-44-18-5-7-20-46(44)50(47-21-8-6-19-45(47)49)40-15-9-14-38(31-40)39-30-27-36-24-23-34-12-2-4-17-43(34)48(36)32-39;32-31(33)30-27-13-5-3-11-25(27)29(26-12-4-6-14-28(26)30)22-18-16-21(17-19-22)24-15-7-9-20-8-1-2-10-23(20)24;21-18-6-3-5-16(12-18)17-11-10-15-9-8-14-4-1-2-7-19(14)20(15)13-17/h1-32H;1-19,32-33H;1-13H. The van der Waals surface area contributed by atoms with Gasteiger partial charge in [-0.25, -0.2) is 0 Å². The lowest BCUT2D eigenvalue weighted by molar-refractivity contribution is 0.426. The van der Waals surface area contributed by atoms with Gasteiger partial charge >= 0.3 is 7.12 Å².